The Morgan fingerprint density at radius 2 is 2.12 bits per heavy atom. The summed E-state index contributed by atoms with van der Waals surface area (Å²) in [6.07, 6.45) is 4.15. The maximum Gasteiger partial charge on any atom is 0.143 e. The minimum atomic E-state index is 0.0187. The molecule has 4 unspecified atom stereocenters. The van der Waals surface area contributed by atoms with Crippen LogP contribution < -0.4 is 0 Å². The number of Topliss-reactive ketones (excluding diaryl/α,β-unsaturated/α-hetero) is 1. The maximum atomic E-state index is 12.3. The number of ether oxygens (including phenoxy) is 1. The van der Waals surface area contributed by atoms with Crippen molar-refractivity contribution in [3.63, 3.8) is 0 Å². The molecule has 92 valence electrons. The van der Waals surface area contributed by atoms with Crippen LogP contribution in [-0.2, 0) is 16.0 Å². The van der Waals surface area contributed by atoms with Crippen LogP contribution in [0.2, 0.25) is 0 Å². The van der Waals surface area contributed by atoms with Gasteiger partial charge < -0.3 is 4.74 Å². The Kier molecular flexibility index (Phi) is 3.57. The highest BCUT2D eigenvalue weighted by atomic mass is 16.5. The second kappa shape index (κ2) is 4.96. The minimum absolute atomic E-state index is 0.0187. The van der Waals surface area contributed by atoms with Crippen molar-refractivity contribution in [3.05, 3.63) is 30.1 Å². The van der Waals surface area contributed by atoms with E-state index in [4.69, 9.17) is 4.74 Å². The predicted molar refractivity (Wildman–Crippen MR) is 65.6 cm³/mol. The molecule has 3 heteroatoms. The van der Waals surface area contributed by atoms with Gasteiger partial charge in [0.1, 0.15) is 5.78 Å². The summed E-state index contributed by atoms with van der Waals surface area (Å²) in [4.78, 5) is 16.3. The Balaban J connectivity index is 2.06. The average Bonchev–Trinajstić information content (AvgIpc) is 2.54. The van der Waals surface area contributed by atoms with Crippen LogP contribution in [0.5, 0.6) is 0 Å². The van der Waals surface area contributed by atoms with Crippen molar-refractivity contribution >= 4 is 5.78 Å². The molecule has 0 radical (unpaired) electrons. The molecule has 1 aliphatic rings. The third kappa shape index (κ3) is 2.55. The van der Waals surface area contributed by atoms with Crippen molar-refractivity contribution in [1.82, 2.24) is 4.98 Å². The molecule has 0 saturated carbocycles. The van der Waals surface area contributed by atoms with Crippen molar-refractivity contribution in [3.8, 4) is 0 Å². The molecule has 0 aliphatic carbocycles. The van der Waals surface area contributed by atoms with Crippen molar-refractivity contribution in [2.24, 2.45) is 11.8 Å². The van der Waals surface area contributed by atoms with Gasteiger partial charge in [-0.25, -0.2) is 0 Å². The number of pyridine rings is 1. The van der Waals surface area contributed by atoms with E-state index in [0.717, 1.165) is 5.56 Å². The molecule has 2 heterocycles. The van der Waals surface area contributed by atoms with E-state index in [9.17, 15) is 4.79 Å². The first-order valence-electron chi connectivity index (χ1n) is 6.16. The predicted octanol–water partition coefficient (Wildman–Crippen LogP) is 2.25. The summed E-state index contributed by atoms with van der Waals surface area (Å²) in [5, 5.41) is 0. The molecule has 0 spiro atoms. The summed E-state index contributed by atoms with van der Waals surface area (Å²) >= 11 is 0. The normalized spacial score (nSPS) is 32.6. The molecule has 1 aliphatic heterocycles. The molecule has 4 atom stereocenters. The number of ketones is 1. The number of nitrogens with zero attached hydrogens (tertiary/aromatic N) is 1. The zero-order chi connectivity index (χ0) is 12.4. The van der Waals surface area contributed by atoms with Gasteiger partial charge >= 0.3 is 0 Å². The molecule has 1 aromatic rings. The Hall–Kier alpha value is -1.22. The summed E-state index contributed by atoms with van der Waals surface area (Å²) in [5.41, 5.74) is 0.983. The van der Waals surface area contributed by atoms with E-state index < -0.39 is 0 Å². The van der Waals surface area contributed by atoms with E-state index in [1.165, 1.54) is 0 Å². The van der Waals surface area contributed by atoms with E-state index in [0.29, 0.717) is 12.3 Å². The van der Waals surface area contributed by atoms with Crippen LogP contribution in [0.25, 0.3) is 0 Å². The van der Waals surface area contributed by atoms with E-state index >= 15 is 0 Å². The first-order valence-corrected chi connectivity index (χ1v) is 6.16. The lowest BCUT2D eigenvalue weighted by Crippen LogP contribution is -2.28. The van der Waals surface area contributed by atoms with Gasteiger partial charge in [-0.3, -0.25) is 9.78 Å². The summed E-state index contributed by atoms with van der Waals surface area (Å²) < 4.78 is 5.71. The monoisotopic (exact) mass is 233 g/mol. The van der Waals surface area contributed by atoms with Gasteiger partial charge in [0.05, 0.1) is 12.2 Å². The zero-order valence-electron chi connectivity index (χ0n) is 10.6. The lowest BCUT2D eigenvalue weighted by Gasteiger charge is -2.16. The first kappa shape index (κ1) is 12.2. The van der Waals surface area contributed by atoms with E-state index in [1.807, 2.05) is 26.0 Å². The molecule has 0 bridgehead atoms. The highest BCUT2D eigenvalue weighted by molar-refractivity contribution is 5.84. The van der Waals surface area contributed by atoms with Gasteiger partial charge in [-0.2, -0.15) is 0 Å². The lowest BCUT2D eigenvalue weighted by molar-refractivity contribution is -0.124. The molecule has 1 saturated heterocycles. The zero-order valence-corrected chi connectivity index (χ0v) is 10.6. The first-order chi connectivity index (χ1) is 8.09. The van der Waals surface area contributed by atoms with Gasteiger partial charge in [0, 0.05) is 24.7 Å². The number of carbonyl (C=O) groups is 1. The van der Waals surface area contributed by atoms with Crippen molar-refractivity contribution in [2.75, 3.05) is 0 Å². The number of hydrogen-bond donors (Lipinski definition) is 0. The van der Waals surface area contributed by atoms with Crippen LogP contribution in [-0.4, -0.2) is 23.0 Å². The van der Waals surface area contributed by atoms with Crippen LogP contribution in [0.15, 0.2) is 24.5 Å². The third-order valence-electron chi connectivity index (χ3n) is 3.71. The van der Waals surface area contributed by atoms with Gasteiger partial charge in [-0.05, 0) is 31.4 Å². The molecule has 17 heavy (non-hydrogen) atoms. The summed E-state index contributed by atoms with van der Waals surface area (Å²) in [6.45, 7) is 6.13. The number of rotatable bonds is 3. The van der Waals surface area contributed by atoms with Crippen molar-refractivity contribution in [2.45, 2.75) is 39.4 Å². The summed E-state index contributed by atoms with van der Waals surface area (Å²) in [7, 11) is 0. The molecule has 0 N–H and O–H groups in total. The van der Waals surface area contributed by atoms with Gasteiger partial charge in [-0.1, -0.05) is 13.0 Å². The topological polar surface area (TPSA) is 39.2 Å². The molecule has 1 aromatic heterocycles. The molecule has 0 amide bonds. The van der Waals surface area contributed by atoms with E-state index in [1.54, 1.807) is 12.4 Å². The van der Waals surface area contributed by atoms with Crippen molar-refractivity contribution < 1.29 is 9.53 Å². The number of carbonyl (C=O) groups excluding carboxylic acids is 1. The number of hydrogen-bond acceptors (Lipinski definition) is 3. The quantitative estimate of drug-likeness (QED) is 0.803. The molecular weight excluding hydrogens is 214 g/mol. The number of aromatic nitrogens is 1. The van der Waals surface area contributed by atoms with Crippen molar-refractivity contribution in [1.29, 1.82) is 0 Å². The average molecular weight is 233 g/mol. The second-order valence-corrected chi connectivity index (χ2v) is 4.94. The van der Waals surface area contributed by atoms with Gasteiger partial charge in [0.2, 0.25) is 0 Å². The Morgan fingerprint density at radius 1 is 1.35 bits per heavy atom. The van der Waals surface area contributed by atoms with Crippen LogP contribution in [0.3, 0.4) is 0 Å². The fourth-order valence-corrected chi connectivity index (χ4v) is 2.64. The third-order valence-corrected chi connectivity index (χ3v) is 3.71. The van der Waals surface area contributed by atoms with Gasteiger partial charge in [0.15, 0.2) is 0 Å². The van der Waals surface area contributed by atoms with Crippen LogP contribution in [0.4, 0.5) is 0 Å². The summed E-state index contributed by atoms with van der Waals surface area (Å²) in [6, 6.07) is 3.81. The molecule has 2 rings (SSSR count). The largest absolute Gasteiger partial charge is 0.375 e. The van der Waals surface area contributed by atoms with E-state index in [-0.39, 0.29) is 23.9 Å². The van der Waals surface area contributed by atoms with Gasteiger partial charge in [-0.15, -0.1) is 0 Å². The Bertz CT molecular complexity index is 390. The molecular formula is C14H19NO2. The molecule has 0 aromatic carbocycles. The standard InChI is InChI=1S/C14H19NO2/c1-9-10(2)17-11(3)14(9)13(16)7-12-5-4-6-15-8-12/h4-6,8-11,14H,7H2,1-3H3. The fraction of sp³-hybridized carbons (Fsp3) is 0.571. The van der Waals surface area contributed by atoms with E-state index in [2.05, 4.69) is 11.9 Å². The maximum absolute atomic E-state index is 12.3. The molecule has 1 fully saturated rings. The fourth-order valence-electron chi connectivity index (χ4n) is 2.64. The Morgan fingerprint density at radius 3 is 2.65 bits per heavy atom. The highest BCUT2D eigenvalue weighted by Crippen LogP contribution is 2.33. The SMILES string of the molecule is CC1OC(C)C(C(=O)Cc2cccnc2)C1C. The smallest absolute Gasteiger partial charge is 0.143 e. The van der Waals surface area contributed by atoms with Crippen LogP contribution in [0, 0.1) is 11.8 Å². The van der Waals surface area contributed by atoms with Crippen LogP contribution in [0.1, 0.15) is 26.3 Å². The Labute approximate surface area is 102 Å². The lowest BCUT2D eigenvalue weighted by atomic mass is 9.84. The molecule has 3 nitrogen and oxygen atoms in total. The summed E-state index contributed by atoms with van der Waals surface area (Å²) in [5.74, 6) is 0.585. The minimum Gasteiger partial charge on any atom is -0.375 e. The van der Waals surface area contributed by atoms with Gasteiger partial charge in [0.25, 0.3) is 0 Å². The second-order valence-electron chi connectivity index (χ2n) is 4.94. The van der Waals surface area contributed by atoms with Crippen LogP contribution >= 0.6 is 0 Å². The highest BCUT2D eigenvalue weighted by Gasteiger charge is 2.40.